The second kappa shape index (κ2) is 8.15. The van der Waals surface area contributed by atoms with Crippen LogP contribution in [0.3, 0.4) is 0 Å². The number of carbonyl (C=O) groups excluding carboxylic acids is 3. The van der Waals surface area contributed by atoms with E-state index in [1.54, 1.807) is 11.8 Å². The summed E-state index contributed by atoms with van der Waals surface area (Å²) in [6, 6.07) is -0.817. The Morgan fingerprint density at radius 1 is 1.38 bits per heavy atom. The number of nitrogens with zero attached hydrogens (tertiary/aromatic N) is 1. The third-order valence-electron chi connectivity index (χ3n) is 5.90. The van der Waals surface area contributed by atoms with Crippen molar-refractivity contribution in [3.05, 3.63) is 0 Å². The Morgan fingerprint density at radius 2 is 2.07 bits per heavy atom. The van der Waals surface area contributed by atoms with Crippen molar-refractivity contribution in [2.75, 3.05) is 19.8 Å². The first-order valence-electron chi connectivity index (χ1n) is 10.3. The highest BCUT2D eigenvalue weighted by Gasteiger charge is 2.76. The van der Waals surface area contributed by atoms with Gasteiger partial charge in [-0.05, 0) is 47.0 Å². The number of hydrogen-bond donors (Lipinski definition) is 2. The molecule has 3 unspecified atom stereocenters. The molecule has 9 heteroatoms. The zero-order chi connectivity index (χ0) is 21.6. The SMILES string of the molecule is CCOC(=O)[C@H]1[C@@H]2OC3(CC2Br)C(C(=O)NC(C)(C)C)N(CCCCO)C(=O)[C@H]13. The van der Waals surface area contributed by atoms with Gasteiger partial charge in [-0.1, -0.05) is 15.9 Å². The van der Waals surface area contributed by atoms with Gasteiger partial charge in [0.1, 0.15) is 11.6 Å². The van der Waals surface area contributed by atoms with Gasteiger partial charge in [0.2, 0.25) is 11.8 Å². The van der Waals surface area contributed by atoms with Crippen LogP contribution in [0.5, 0.6) is 0 Å². The van der Waals surface area contributed by atoms with Crippen molar-refractivity contribution < 1.29 is 29.0 Å². The third kappa shape index (κ3) is 3.81. The Morgan fingerprint density at radius 3 is 2.66 bits per heavy atom. The van der Waals surface area contributed by atoms with Crippen molar-refractivity contribution in [2.24, 2.45) is 11.8 Å². The molecular weight excluding hydrogens is 444 g/mol. The molecule has 1 spiro atoms. The number of alkyl halides is 1. The van der Waals surface area contributed by atoms with Gasteiger partial charge in [-0.25, -0.2) is 0 Å². The molecule has 2 N–H and O–H groups in total. The molecule has 3 aliphatic heterocycles. The van der Waals surface area contributed by atoms with E-state index >= 15 is 0 Å². The van der Waals surface area contributed by atoms with Gasteiger partial charge in [0.05, 0.1) is 24.5 Å². The van der Waals surface area contributed by atoms with Crippen LogP contribution in [0.25, 0.3) is 0 Å². The van der Waals surface area contributed by atoms with Crippen LogP contribution in [0.2, 0.25) is 0 Å². The van der Waals surface area contributed by atoms with E-state index in [2.05, 4.69) is 21.2 Å². The predicted molar refractivity (Wildman–Crippen MR) is 108 cm³/mol. The van der Waals surface area contributed by atoms with Crippen LogP contribution in [0.1, 0.15) is 47.0 Å². The molecular formula is C20H31BrN2O6. The normalized spacial score (nSPS) is 35.7. The van der Waals surface area contributed by atoms with E-state index in [9.17, 15) is 14.4 Å². The van der Waals surface area contributed by atoms with Crippen LogP contribution in [-0.2, 0) is 23.9 Å². The minimum Gasteiger partial charge on any atom is -0.466 e. The summed E-state index contributed by atoms with van der Waals surface area (Å²) < 4.78 is 11.6. The number of unbranched alkanes of at least 4 members (excludes halogenated alkanes) is 1. The maximum atomic E-state index is 13.5. The van der Waals surface area contributed by atoms with Gasteiger partial charge in [-0.15, -0.1) is 0 Å². The van der Waals surface area contributed by atoms with Crippen LogP contribution in [-0.4, -0.2) is 75.7 Å². The Balaban J connectivity index is 1.99. The van der Waals surface area contributed by atoms with Crippen LogP contribution in [0.4, 0.5) is 0 Å². The molecule has 0 aliphatic carbocycles. The lowest BCUT2D eigenvalue weighted by Crippen LogP contribution is -2.58. The predicted octanol–water partition coefficient (Wildman–Crippen LogP) is 0.985. The Labute approximate surface area is 179 Å². The average Bonchev–Trinajstić information content (AvgIpc) is 3.18. The molecule has 0 aromatic rings. The van der Waals surface area contributed by atoms with Crippen LogP contribution in [0.15, 0.2) is 0 Å². The highest BCUT2D eigenvalue weighted by Crippen LogP contribution is 2.60. The molecule has 0 saturated carbocycles. The van der Waals surface area contributed by atoms with Gasteiger partial charge < -0.3 is 24.8 Å². The van der Waals surface area contributed by atoms with Gasteiger partial charge in [0.15, 0.2) is 0 Å². The van der Waals surface area contributed by atoms with E-state index in [-0.39, 0.29) is 29.9 Å². The van der Waals surface area contributed by atoms with Gasteiger partial charge in [0.25, 0.3) is 0 Å². The Kier molecular flexibility index (Phi) is 6.32. The molecule has 29 heavy (non-hydrogen) atoms. The molecule has 2 bridgehead atoms. The van der Waals surface area contributed by atoms with Gasteiger partial charge >= 0.3 is 5.97 Å². The fraction of sp³-hybridized carbons (Fsp3) is 0.850. The summed E-state index contributed by atoms with van der Waals surface area (Å²) in [6.45, 7) is 7.94. The number of aliphatic hydroxyl groups excluding tert-OH is 1. The standard InChI is InChI=1S/C20H31BrN2O6/c1-5-28-18(27)12-13-17(26)23(8-6-7-9-24)15(16(25)22-19(2,3)4)20(13)10-11(21)14(12)29-20/h11-15,24H,5-10H2,1-4H3,(H,22,25)/t11?,12-,13+,14-,15?,20?/m1/s1. The number of esters is 1. The molecule has 3 rings (SSSR count). The molecule has 3 saturated heterocycles. The molecule has 0 aromatic heterocycles. The lowest BCUT2D eigenvalue weighted by Gasteiger charge is -2.35. The van der Waals surface area contributed by atoms with Crippen LogP contribution < -0.4 is 5.32 Å². The second-order valence-corrected chi connectivity index (χ2v) is 10.3. The van der Waals surface area contributed by atoms with Gasteiger partial charge in [-0.3, -0.25) is 14.4 Å². The van der Waals surface area contributed by atoms with Crippen molar-refractivity contribution in [1.82, 2.24) is 10.2 Å². The summed E-state index contributed by atoms with van der Waals surface area (Å²) in [6.07, 6.45) is 1.08. The highest BCUT2D eigenvalue weighted by molar-refractivity contribution is 9.09. The number of aliphatic hydroxyl groups is 1. The summed E-state index contributed by atoms with van der Waals surface area (Å²) in [5, 5.41) is 12.1. The molecule has 0 aromatic carbocycles. The number of amides is 2. The summed E-state index contributed by atoms with van der Waals surface area (Å²) in [7, 11) is 0. The first kappa shape index (κ1) is 22.5. The topological polar surface area (TPSA) is 105 Å². The number of fused-ring (bicyclic) bond motifs is 1. The molecule has 8 nitrogen and oxygen atoms in total. The van der Waals surface area contributed by atoms with Crippen molar-refractivity contribution in [3.63, 3.8) is 0 Å². The lowest BCUT2D eigenvalue weighted by molar-refractivity contribution is -0.154. The zero-order valence-electron chi connectivity index (χ0n) is 17.4. The van der Waals surface area contributed by atoms with Crippen molar-refractivity contribution in [1.29, 1.82) is 0 Å². The summed E-state index contributed by atoms with van der Waals surface area (Å²) in [5.41, 5.74) is -1.53. The lowest BCUT2D eigenvalue weighted by atomic mass is 9.70. The minimum absolute atomic E-state index is 0.0168. The zero-order valence-corrected chi connectivity index (χ0v) is 19.0. The fourth-order valence-corrected chi connectivity index (χ4v) is 5.95. The quantitative estimate of drug-likeness (QED) is 0.323. The molecule has 0 radical (unpaired) electrons. The van der Waals surface area contributed by atoms with Crippen molar-refractivity contribution >= 4 is 33.7 Å². The number of hydrogen-bond acceptors (Lipinski definition) is 6. The first-order valence-corrected chi connectivity index (χ1v) is 11.2. The molecule has 3 aliphatic rings. The number of ether oxygens (including phenoxy) is 2. The number of carbonyl (C=O) groups is 3. The Bertz CT molecular complexity index is 680. The van der Waals surface area contributed by atoms with Crippen molar-refractivity contribution in [3.8, 4) is 0 Å². The number of likely N-dealkylation sites (tertiary alicyclic amines) is 1. The smallest absolute Gasteiger partial charge is 0.312 e. The fourth-order valence-electron chi connectivity index (χ4n) is 5.01. The molecule has 6 atom stereocenters. The van der Waals surface area contributed by atoms with E-state index in [1.807, 2.05) is 20.8 Å². The minimum atomic E-state index is -1.05. The Hall–Kier alpha value is -1.19. The van der Waals surface area contributed by atoms with E-state index in [0.717, 1.165) is 0 Å². The van der Waals surface area contributed by atoms with Crippen LogP contribution in [0, 0.1) is 11.8 Å². The van der Waals surface area contributed by atoms with E-state index < -0.39 is 41.1 Å². The summed E-state index contributed by atoms with van der Waals surface area (Å²) >= 11 is 3.60. The second-order valence-electron chi connectivity index (χ2n) is 9.12. The third-order valence-corrected chi connectivity index (χ3v) is 6.75. The maximum absolute atomic E-state index is 13.5. The average molecular weight is 475 g/mol. The number of halogens is 1. The highest BCUT2D eigenvalue weighted by atomic mass is 79.9. The molecule has 3 fully saturated rings. The van der Waals surface area contributed by atoms with E-state index in [4.69, 9.17) is 14.6 Å². The number of rotatable bonds is 7. The molecule has 3 heterocycles. The van der Waals surface area contributed by atoms with Crippen molar-refractivity contribution in [2.45, 2.75) is 75.1 Å². The monoisotopic (exact) mass is 474 g/mol. The van der Waals surface area contributed by atoms with Gasteiger partial charge in [-0.2, -0.15) is 0 Å². The first-order chi connectivity index (χ1) is 13.6. The molecule has 2 amide bonds. The number of nitrogens with one attached hydrogen (secondary N) is 1. The van der Waals surface area contributed by atoms with E-state index in [0.29, 0.717) is 25.8 Å². The summed E-state index contributed by atoms with van der Waals surface area (Å²) in [5.74, 6) is -2.42. The largest absolute Gasteiger partial charge is 0.466 e. The van der Waals surface area contributed by atoms with E-state index in [1.165, 1.54) is 0 Å². The van der Waals surface area contributed by atoms with Crippen LogP contribution >= 0.6 is 15.9 Å². The van der Waals surface area contributed by atoms with Gasteiger partial charge in [0, 0.05) is 23.5 Å². The maximum Gasteiger partial charge on any atom is 0.312 e. The molecule has 164 valence electrons. The summed E-state index contributed by atoms with van der Waals surface area (Å²) in [4.78, 5) is 40.9.